The van der Waals surface area contributed by atoms with E-state index in [2.05, 4.69) is 56.9 Å². The topological polar surface area (TPSA) is 36.3 Å². The maximum Gasteiger partial charge on any atom is 0.190 e. The van der Waals surface area contributed by atoms with E-state index in [1.54, 1.807) is 12.5 Å². The van der Waals surface area contributed by atoms with Gasteiger partial charge in [-0.1, -0.05) is 45.0 Å². The van der Waals surface area contributed by atoms with E-state index in [9.17, 15) is 0 Å². The van der Waals surface area contributed by atoms with Crippen molar-refractivity contribution in [2.45, 2.75) is 58.0 Å². The molecule has 2 heterocycles. The van der Waals surface area contributed by atoms with Crippen molar-refractivity contribution in [3.8, 4) is 0 Å². The second kappa shape index (κ2) is 6.10. The van der Waals surface area contributed by atoms with Crippen molar-refractivity contribution in [2.24, 2.45) is 0 Å². The Labute approximate surface area is 138 Å². The molecule has 0 amide bonds. The van der Waals surface area contributed by atoms with Crippen LogP contribution in [-0.2, 0) is 27.9 Å². The first-order valence-corrected chi connectivity index (χ1v) is 8.23. The van der Waals surface area contributed by atoms with Crippen LogP contribution in [0, 0.1) is 0 Å². The molecule has 1 aliphatic rings. The zero-order valence-corrected chi connectivity index (χ0v) is 14.5. The average molecular weight is 314 g/mol. The number of ether oxygens (including phenoxy) is 2. The summed E-state index contributed by atoms with van der Waals surface area (Å²) in [7, 11) is 0. The molecule has 0 saturated carbocycles. The fourth-order valence-electron chi connectivity index (χ4n) is 3.03. The van der Waals surface area contributed by atoms with Crippen molar-refractivity contribution in [1.29, 1.82) is 0 Å². The summed E-state index contributed by atoms with van der Waals surface area (Å²) in [6.07, 6.45) is 6.39. The SMILES string of the molecule is CC1COC(Cc2ccc(C(C)(C)C)cc2)(Cn2ccnc2)O1. The molecule has 2 aromatic rings. The minimum atomic E-state index is -0.608. The minimum Gasteiger partial charge on any atom is -0.345 e. The summed E-state index contributed by atoms with van der Waals surface area (Å²) in [5.74, 6) is -0.608. The summed E-state index contributed by atoms with van der Waals surface area (Å²) >= 11 is 0. The molecule has 3 rings (SSSR count). The van der Waals surface area contributed by atoms with Gasteiger partial charge in [0.2, 0.25) is 0 Å². The highest BCUT2D eigenvalue weighted by atomic mass is 16.7. The van der Waals surface area contributed by atoms with E-state index < -0.39 is 5.79 Å². The molecule has 23 heavy (non-hydrogen) atoms. The summed E-state index contributed by atoms with van der Waals surface area (Å²) in [6.45, 7) is 10.0. The number of hydrogen-bond donors (Lipinski definition) is 0. The number of nitrogens with zero attached hydrogens (tertiary/aromatic N) is 2. The first-order chi connectivity index (χ1) is 10.9. The predicted molar refractivity (Wildman–Crippen MR) is 90.3 cm³/mol. The number of imidazole rings is 1. The van der Waals surface area contributed by atoms with Crippen LogP contribution in [0.5, 0.6) is 0 Å². The largest absolute Gasteiger partial charge is 0.345 e. The van der Waals surface area contributed by atoms with Gasteiger partial charge in [-0.05, 0) is 23.5 Å². The summed E-state index contributed by atoms with van der Waals surface area (Å²) in [5, 5.41) is 0. The van der Waals surface area contributed by atoms with E-state index in [1.165, 1.54) is 11.1 Å². The molecule has 1 fully saturated rings. The Morgan fingerprint density at radius 1 is 1.26 bits per heavy atom. The third-order valence-corrected chi connectivity index (χ3v) is 4.27. The number of hydrogen-bond acceptors (Lipinski definition) is 3. The van der Waals surface area contributed by atoms with Crippen molar-refractivity contribution in [3.05, 3.63) is 54.1 Å². The summed E-state index contributed by atoms with van der Waals surface area (Å²) in [5.41, 5.74) is 2.74. The van der Waals surface area contributed by atoms with Gasteiger partial charge in [-0.25, -0.2) is 4.98 Å². The molecule has 0 bridgehead atoms. The maximum atomic E-state index is 6.15. The molecular weight excluding hydrogens is 288 g/mol. The molecule has 2 unspecified atom stereocenters. The second-order valence-corrected chi connectivity index (χ2v) is 7.51. The van der Waals surface area contributed by atoms with Crippen LogP contribution in [0.2, 0.25) is 0 Å². The zero-order valence-electron chi connectivity index (χ0n) is 14.5. The smallest absolute Gasteiger partial charge is 0.190 e. The lowest BCUT2D eigenvalue weighted by molar-refractivity contribution is -0.175. The maximum absolute atomic E-state index is 6.15. The second-order valence-electron chi connectivity index (χ2n) is 7.51. The average Bonchev–Trinajstić information content (AvgIpc) is 3.09. The van der Waals surface area contributed by atoms with Gasteiger partial charge in [0.05, 0.1) is 25.6 Å². The van der Waals surface area contributed by atoms with Crippen LogP contribution in [0.4, 0.5) is 0 Å². The van der Waals surface area contributed by atoms with Gasteiger partial charge in [0, 0.05) is 18.8 Å². The van der Waals surface area contributed by atoms with Gasteiger partial charge in [0.25, 0.3) is 0 Å². The van der Waals surface area contributed by atoms with E-state index in [0.29, 0.717) is 13.2 Å². The predicted octanol–water partition coefficient (Wildman–Crippen LogP) is 3.55. The first-order valence-electron chi connectivity index (χ1n) is 8.23. The van der Waals surface area contributed by atoms with E-state index in [4.69, 9.17) is 9.47 Å². The lowest BCUT2D eigenvalue weighted by Crippen LogP contribution is -2.38. The molecule has 1 aliphatic heterocycles. The Kier molecular flexibility index (Phi) is 4.30. The van der Waals surface area contributed by atoms with Crippen molar-refractivity contribution >= 4 is 0 Å². The zero-order chi connectivity index (χ0) is 16.5. The van der Waals surface area contributed by atoms with Gasteiger partial charge in [0.15, 0.2) is 5.79 Å². The highest BCUT2D eigenvalue weighted by Crippen LogP contribution is 2.30. The van der Waals surface area contributed by atoms with Crippen LogP contribution in [0.1, 0.15) is 38.8 Å². The fraction of sp³-hybridized carbons (Fsp3) is 0.526. The van der Waals surface area contributed by atoms with Gasteiger partial charge in [0.1, 0.15) is 0 Å². The van der Waals surface area contributed by atoms with Gasteiger partial charge in [-0.15, -0.1) is 0 Å². The third kappa shape index (κ3) is 3.82. The Balaban J connectivity index is 1.79. The van der Waals surface area contributed by atoms with E-state index in [-0.39, 0.29) is 11.5 Å². The first kappa shape index (κ1) is 16.2. The van der Waals surface area contributed by atoms with Gasteiger partial charge < -0.3 is 14.0 Å². The Morgan fingerprint density at radius 2 is 2.00 bits per heavy atom. The quantitative estimate of drug-likeness (QED) is 0.866. The molecule has 124 valence electrons. The van der Waals surface area contributed by atoms with Crippen LogP contribution >= 0.6 is 0 Å². The lowest BCUT2D eigenvalue weighted by atomic mass is 9.86. The molecule has 0 N–H and O–H groups in total. The molecule has 2 atom stereocenters. The summed E-state index contributed by atoms with van der Waals surface area (Å²) in [4.78, 5) is 4.11. The monoisotopic (exact) mass is 314 g/mol. The molecule has 1 aromatic heterocycles. The highest BCUT2D eigenvalue weighted by molar-refractivity contribution is 5.28. The highest BCUT2D eigenvalue weighted by Gasteiger charge is 2.40. The van der Waals surface area contributed by atoms with Crippen LogP contribution in [-0.4, -0.2) is 28.0 Å². The van der Waals surface area contributed by atoms with E-state index in [1.807, 2.05) is 10.8 Å². The van der Waals surface area contributed by atoms with Crippen molar-refractivity contribution in [2.75, 3.05) is 6.61 Å². The van der Waals surface area contributed by atoms with Gasteiger partial charge >= 0.3 is 0 Å². The molecule has 0 spiro atoms. The summed E-state index contributed by atoms with van der Waals surface area (Å²) < 4.78 is 14.2. The van der Waals surface area contributed by atoms with Crippen LogP contribution in [0.15, 0.2) is 43.0 Å². The van der Waals surface area contributed by atoms with Crippen molar-refractivity contribution < 1.29 is 9.47 Å². The Hall–Kier alpha value is -1.65. The number of aromatic nitrogens is 2. The molecule has 0 radical (unpaired) electrons. The summed E-state index contributed by atoms with van der Waals surface area (Å²) in [6, 6.07) is 8.79. The molecular formula is C19H26N2O2. The standard InChI is InChI=1S/C19H26N2O2/c1-15-12-22-19(23-15,13-21-10-9-20-14-21)11-16-5-7-17(8-6-16)18(2,3)4/h5-10,14-15H,11-13H2,1-4H3. The van der Waals surface area contributed by atoms with Crippen molar-refractivity contribution in [3.63, 3.8) is 0 Å². The number of rotatable bonds is 4. The van der Waals surface area contributed by atoms with Gasteiger partial charge in [-0.3, -0.25) is 0 Å². The normalized spacial score (nSPS) is 25.0. The van der Waals surface area contributed by atoms with Crippen LogP contribution in [0.25, 0.3) is 0 Å². The molecule has 4 heteroatoms. The lowest BCUT2D eigenvalue weighted by Gasteiger charge is -2.29. The Bertz CT molecular complexity index is 628. The fourth-order valence-corrected chi connectivity index (χ4v) is 3.03. The minimum absolute atomic E-state index is 0.118. The number of benzene rings is 1. The third-order valence-electron chi connectivity index (χ3n) is 4.27. The molecule has 1 saturated heterocycles. The van der Waals surface area contributed by atoms with Gasteiger partial charge in [-0.2, -0.15) is 0 Å². The molecule has 0 aliphatic carbocycles. The van der Waals surface area contributed by atoms with Crippen LogP contribution < -0.4 is 0 Å². The van der Waals surface area contributed by atoms with E-state index in [0.717, 1.165) is 6.42 Å². The molecule has 1 aromatic carbocycles. The van der Waals surface area contributed by atoms with E-state index >= 15 is 0 Å². The Morgan fingerprint density at radius 3 is 2.52 bits per heavy atom. The van der Waals surface area contributed by atoms with Crippen LogP contribution in [0.3, 0.4) is 0 Å². The van der Waals surface area contributed by atoms with Crippen molar-refractivity contribution in [1.82, 2.24) is 9.55 Å². The molecule has 4 nitrogen and oxygen atoms in total.